The Morgan fingerprint density at radius 1 is 1.19 bits per heavy atom. The quantitative estimate of drug-likeness (QED) is 0.578. The van der Waals surface area contributed by atoms with E-state index in [1.807, 2.05) is 0 Å². The largest absolute Gasteiger partial charge is 0.368 e. The van der Waals surface area contributed by atoms with Crippen molar-refractivity contribution in [3.63, 3.8) is 0 Å². The molecule has 2 rings (SSSR count). The minimum atomic E-state index is -0.633. The molecule has 2 fully saturated rings. The van der Waals surface area contributed by atoms with E-state index in [0.29, 0.717) is 6.42 Å². The van der Waals surface area contributed by atoms with E-state index >= 15 is 0 Å². The second kappa shape index (κ2) is 3.93. The minimum Gasteiger partial charge on any atom is -0.368 e. The molecule has 1 heterocycles. The van der Waals surface area contributed by atoms with Crippen molar-refractivity contribution in [2.45, 2.75) is 50.1 Å². The summed E-state index contributed by atoms with van der Waals surface area (Å²) in [6.45, 7) is 0. The maximum absolute atomic E-state index is 11.3. The molecule has 1 saturated carbocycles. The molecule has 0 bridgehead atoms. The molecule has 2 aliphatic rings. The number of primary amides is 2. The van der Waals surface area contributed by atoms with Crippen LogP contribution >= 0.6 is 0 Å². The standard InChI is InChI=1S/C10H18N4O2/c11-8(15)7-6-10(4-2-1-3-5-10)13-14(7)9(12)16/h7,13H,1-6H2,(H2,11,15)(H2,12,16). The molecule has 5 N–H and O–H groups in total. The van der Waals surface area contributed by atoms with Crippen molar-refractivity contribution in [2.75, 3.05) is 0 Å². The first-order valence-corrected chi connectivity index (χ1v) is 5.70. The van der Waals surface area contributed by atoms with E-state index in [-0.39, 0.29) is 5.54 Å². The Kier molecular flexibility index (Phi) is 2.75. The first kappa shape index (κ1) is 11.2. The summed E-state index contributed by atoms with van der Waals surface area (Å²) in [4.78, 5) is 22.5. The Bertz CT molecular complexity index is 288. The van der Waals surface area contributed by atoms with Crippen LogP contribution in [0.4, 0.5) is 4.79 Å². The van der Waals surface area contributed by atoms with Gasteiger partial charge in [-0.05, 0) is 19.3 Å². The van der Waals surface area contributed by atoms with E-state index in [4.69, 9.17) is 11.5 Å². The summed E-state index contributed by atoms with van der Waals surface area (Å²) in [5.41, 5.74) is 13.5. The Morgan fingerprint density at radius 3 is 2.25 bits per heavy atom. The van der Waals surface area contributed by atoms with Gasteiger partial charge in [0.2, 0.25) is 5.91 Å². The van der Waals surface area contributed by atoms with Gasteiger partial charge >= 0.3 is 6.03 Å². The first-order valence-electron chi connectivity index (χ1n) is 5.70. The number of amides is 3. The molecule has 0 aromatic heterocycles. The number of carbonyl (C=O) groups is 2. The van der Waals surface area contributed by atoms with Crippen LogP contribution in [0, 0.1) is 0 Å². The molecule has 0 radical (unpaired) electrons. The van der Waals surface area contributed by atoms with E-state index in [2.05, 4.69) is 5.43 Å². The molecule has 1 unspecified atom stereocenters. The predicted octanol–water partition coefficient (Wildman–Crippen LogP) is -0.168. The first-order chi connectivity index (χ1) is 7.54. The van der Waals surface area contributed by atoms with Crippen LogP contribution in [0.3, 0.4) is 0 Å². The Morgan fingerprint density at radius 2 is 1.81 bits per heavy atom. The summed E-state index contributed by atoms with van der Waals surface area (Å²) in [5, 5.41) is 1.20. The van der Waals surface area contributed by atoms with E-state index in [1.165, 1.54) is 11.4 Å². The third-order valence-electron chi connectivity index (χ3n) is 3.63. The fourth-order valence-electron chi connectivity index (χ4n) is 2.82. The van der Waals surface area contributed by atoms with E-state index in [0.717, 1.165) is 25.7 Å². The normalized spacial score (nSPS) is 28.2. The average Bonchev–Trinajstić information content (AvgIpc) is 2.59. The van der Waals surface area contributed by atoms with Crippen LogP contribution in [-0.4, -0.2) is 28.5 Å². The van der Waals surface area contributed by atoms with Crippen LogP contribution in [-0.2, 0) is 4.79 Å². The Hall–Kier alpha value is -1.30. The van der Waals surface area contributed by atoms with Gasteiger partial charge in [-0.1, -0.05) is 19.3 Å². The van der Waals surface area contributed by atoms with E-state index in [9.17, 15) is 9.59 Å². The van der Waals surface area contributed by atoms with Crippen molar-refractivity contribution in [1.29, 1.82) is 0 Å². The molecule has 1 aliphatic heterocycles. The number of nitrogens with zero attached hydrogens (tertiary/aromatic N) is 1. The van der Waals surface area contributed by atoms with Gasteiger partial charge in [0.15, 0.2) is 0 Å². The number of nitrogens with one attached hydrogen (secondary N) is 1. The molecule has 0 aromatic rings. The van der Waals surface area contributed by atoms with Gasteiger partial charge in [0, 0.05) is 5.54 Å². The highest BCUT2D eigenvalue weighted by molar-refractivity contribution is 5.85. The van der Waals surface area contributed by atoms with Gasteiger partial charge in [-0.15, -0.1) is 0 Å². The summed E-state index contributed by atoms with van der Waals surface area (Å²) in [6.07, 6.45) is 5.98. The van der Waals surface area contributed by atoms with Crippen LogP contribution in [0.2, 0.25) is 0 Å². The fourth-order valence-corrected chi connectivity index (χ4v) is 2.82. The highest BCUT2D eigenvalue weighted by Gasteiger charge is 2.47. The number of rotatable bonds is 1. The molecule has 1 saturated heterocycles. The van der Waals surface area contributed by atoms with Crippen LogP contribution in [0.15, 0.2) is 0 Å². The molecule has 1 atom stereocenters. The van der Waals surface area contributed by atoms with Crippen LogP contribution in [0.1, 0.15) is 38.5 Å². The van der Waals surface area contributed by atoms with Crippen LogP contribution in [0.5, 0.6) is 0 Å². The number of carbonyl (C=O) groups excluding carboxylic acids is 2. The highest BCUT2D eigenvalue weighted by atomic mass is 16.2. The van der Waals surface area contributed by atoms with Crippen LogP contribution < -0.4 is 16.9 Å². The summed E-state index contributed by atoms with van der Waals surface area (Å²) in [5.74, 6) is -0.492. The molecule has 16 heavy (non-hydrogen) atoms. The van der Waals surface area contributed by atoms with Gasteiger partial charge in [0.1, 0.15) is 6.04 Å². The molecule has 6 heteroatoms. The second-order valence-corrected chi connectivity index (χ2v) is 4.78. The van der Waals surface area contributed by atoms with Gasteiger partial charge in [-0.25, -0.2) is 15.2 Å². The highest BCUT2D eigenvalue weighted by Crippen LogP contribution is 2.37. The summed E-state index contributed by atoms with van der Waals surface area (Å²) in [6, 6.07) is -1.23. The van der Waals surface area contributed by atoms with Crippen molar-refractivity contribution in [2.24, 2.45) is 11.5 Å². The fraction of sp³-hybridized carbons (Fsp3) is 0.800. The van der Waals surface area contributed by atoms with Gasteiger partial charge in [0.05, 0.1) is 0 Å². The third kappa shape index (κ3) is 1.84. The lowest BCUT2D eigenvalue weighted by molar-refractivity contribution is -0.121. The van der Waals surface area contributed by atoms with Crippen molar-refractivity contribution < 1.29 is 9.59 Å². The van der Waals surface area contributed by atoms with Gasteiger partial charge in [-0.3, -0.25) is 4.79 Å². The molecule has 1 spiro atoms. The maximum Gasteiger partial charge on any atom is 0.329 e. The van der Waals surface area contributed by atoms with Crippen molar-refractivity contribution in [3.8, 4) is 0 Å². The summed E-state index contributed by atoms with van der Waals surface area (Å²) in [7, 11) is 0. The lowest BCUT2D eigenvalue weighted by Crippen LogP contribution is -2.53. The SMILES string of the molecule is NC(=O)C1CC2(CCCCC2)NN1C(N)=O. The topological polar surface area (TPSA) is 101 Å². The van der Waals surface area contributed by atoms with E-state index < -0.39 is 18.0 Å². The molecule has 90 valence electrons. The Balaban J connectivity index is 2.16. The smallest absolute Gasteiger partial charge is 0.329 e. The zero-order chi connectivity index (χ0) is 11.8. The molecule has 0 aromatic carbocycles. The Labute approximate surface area is 94.3 Å². The lowest BCUT2D eigenvalue weighted by atomic mass is 9.79. The van der Waals surface area contributed by atoms with Gasteiger partial charge in [-0.2, -0.15) is 0 Å². The van der Waals surface area contributed by atoms with Crippen LogP contribution in [0.25, 0.3) is 0 Å². The summed E-state index contributed by atoms with van der Waals surface area (Å²) < 4.78 is 0. The molecular formula is C10H18N4O2. The van der Waals surface area contributed by atoms with Gasteiger partial charge < -0.3 is 11.5 Å². The molecule has 3 amide bonds. The molecule has 6 nitrogen and oxygen atoms in total. The second-order valence-electron chi connectivity index (χ2n) is 4.78. The number of urea groups is 1. The average molecular weight is 226 g/mol. The molecule has 1 aliphatic carbocycles. The van der Waals surface area contributed by atoms with Crippen molar-refractivity contribution >= 4 is 11.9 Å². The maximum atomic E-state index is 11.3. The monoisotopic (exact) mass is 226 g/mol. The number of hydrogen-bond donors (Lipinski definition) is 3. The lowest BCUT2D eigenvalue weighted by Gasteiger charge is -2.33. The van der Waals surface area contributed by atoms with Gasteiger partial charge in [0.25, 0.3) is 0 Å². The molecular weight excluding hydrogens is 208 g/mol. The summed E-state index contributed by atoms with van der Waals surface area (Å²) >= 11 is 0. The minimum absolute atomic E-state index is 0.146. The number of nitrogens with two attached hydrogens (primary N) is 2. The van der Waals surface area contributed by atoms with Crippen molar-refractivity contribution in [3.05, 3.63) is 0 Å². The van der Waals surface area contributed by atoms with Crippen molar-refractivity contribution in [1.82, 2.24) is 10.4 Å². The van der Waals surface area contributed by atoms with E-state index in [1.54, 1.807) is 0 Å². The third-order valence-corrected chi connectivity index (χ3v) is 3.63. The zero-order valence-corrected chi connectivity index (χ0v) is 9.24. The number of hydrogen-bond acceptors (Lipinski definition) is 3. The zero-order valence-electron chi connectivity index (χ0n) is 9.24. The predicted molar refractivity (Wildman–Crippen MR) is 58.0 cm³/mol. The number of hydrazine groups is 1.